The second kappa shape index (κ2) is 6.72. The van der Waals surface area contributed by atoms with Crippen molar-refractivity contribution in [1.29, 1.82) is 0 Å². The summed E-state index contributed by atoms with van der Waals surface area (Å²) in [5, 5.41) is 5.92. The molecule has 1 aliphatic carbocycles. The van der Waals surface area contributed by atoms with Crippen LogP contribution in [0.25, 0.3) is 0 Å². The van der Waals surface area contributed by atoms with E-state index in [-0.39, 0.29) is 0 Å². The molecule has 3 unspecified atom stereocenters. The van der Waals surface area contributed by atoms with Crippen LogP contribution in [0.3, 0.4) is 0 Å². The highest BCUT2D eigenvalue weighted by atomic mass is 32.1. The molecular weight excluding hydrogens is 238 g/mol. The number of hydrogen-bond acceptors (Lipinski definition) is 2. The Hall–Kier alpha value is -0.340. The van der Waals surface area contributed by atoms with E-state index in [1.165, 1.54) is 25.7 Å². The van der Waals surface area contributed by atoms with Gasteiger partial charge in [0.05, 0.1) is 0 Å². The van der Waals surface area contributed by atoms with Crippen LogP contribution < -0.4 is 5.32 Å². The molecule has 1 aromatic rings. The van der Waals surface area contributed by atoms with Crippen molar-refractivity contribution in [3.63, 3.8) is 0 Å². The van der Waals surface area contributed by atoms with Crippen molar-refractivity contribution in [3.05, 3.63) is 22.4 Å². The monoisotopic (exact) mass is 265 g/mol. The maximum Gasteiger partial charge on any atom is 0.00988 e. The average Bonchev–Trinajstić information content (AvgIpc) is 2.84. The average molecular weight is 265 g/mol. The predicted octanol–water partition coefficient (Wildman–Crippen LogP) is 4.34. The molecule has 0 amide bonds. The summed E-state index contributed by atoms with van der Waals surface area (Å²) in [6, 6.07) is 5.23. The van der Waals surface area contributed by atoms with Crippen molar-refractivity contribution in [1.82, 2.24) is 5.32 Å². The first kappa shape index (κ1) is 14.1. The molecule has 1 aliphatic rings. The van der Waals surface area contributed by atoms with Gasteiger partial charge in [0.25, 0.3) is 0 Å². The molecule has 0 aliphatic heterocycles. The van der Waals surface area contributed by atoms with Crippen LogP contribution in [0.1, 0.15) is 44.9 Å². The molecule has 1 nitrogen and oxygen atoms in total. The summed E-state index contributed by atoms with van der Waals surface area (Å²) in [5.41, 5.74) is 0. The fourth-order valence-corrected chi connectivity index (χ4v) is 4.15. The Balaban J connectivity index is 2.00. The second-order valence-electron chi connectivity index (χ2n) is 6.02. The van der Waals surface area contributed by atoms with Crippen LogP contribution >= 0.6 is 11.3 Å². The molecule has 0 bridgehead atoms. The molecular formula is C16H27NS. The van der Waals surface area contributed by atoms with Crippen molar-refractivity contribution >= 4 is 11.3 Å². The third-order valence-corrected chi connectivity index (χ3v) is 5.37. The Morgan fingerprint density at radius 2 is 2.22 bits per heavy atom. The molecule has 2 rings (SSSR count). The molecule has 18 heavy (non-hydrogen) atoms. The number of hydrogen-bond donors (Lipinski definition) is 1. The topological polar surface area (TPSA) is 12.0 Å². The van der Waals surface area contributed by atoms with Gasteiger partial charge < -0.3 is 5.32 Å². The highest BCUT2D eigenvalue weighted by Gasteiger charge is 2.31. The van der Waals surface area contributed by atoms with Crippen LogP contribution in [-0.2, 0) is 6.42 Å². The molecule has 3 atom stereocenters. The van der Waals surface area contributed by atoms with Gasteiger partial charge >= 0.3 is 0 Å². The van der Waals surface area contributed by atoms with Crippen LogP contribution in [0, 0.1) is 17.8 Å². The number of thiophene rings is 1. The van der Waals surface area contributed by atoms with Gasteiger partial charge in [0.15, 0.2) is 0 Å². The van der Waals surface area contributed by atoms with Crippen LogP contribution in [0.2, 0.25) is 0 Å². The van der Waals surface area contributed by atoms with E-state index in [0.29, 0.717) is 0 Å². The zero-order valence-corrected chi connectivity index (χ0v) is 12.8. The zero-order valence-electron chi connectivity index (χ0n) is 12.0. The molecule has 0 spiro atoms. The summed E-state index contributed by atoms with van der Waals surface area (Å²) in [6.45, 7) is 8.12. The fraction of sp³-hybridized carbons (Fsp3) is 0.750. The lowest BCUT2D eigenvalue weighted by atomic mass is 9.72. The van der Waals surface area contributed by atoms with E-state index in [9.17, 15) is 0 Å². The second-order valence-corrected chi connectivity index (χ2v) is 7.06. The first-order valence-corrected chi connectivity index (χ1v) is 8.34. The van der Waals surface area contributed by atoms with E-state index in [4.69, 9.17) is 0 Å². The third-order valence-electron chi connectivity index (χ3n) is 4.48. The highest BCUT2D eigenvalue weighted by Crippen LogP contribution is 2.36. The molecule has 1 fully saturated rings. The molecule has 2 heteroatoms. The summed E-state index contributed by atoms with van der Waals surface area (Å²) in [7, 11) is 0. The van der Waals surface area contributed by atoms with Crippen LogP contribution in [0.5, 0.6) is 0 Å². The first-order chi connectivity index (χ1) is 8.70. The number of rotatable bonds is 5. The Morgan fingerprint density at radius 3 is 2.83 bits per heavy atom. The molecule has 1 saturated carbocycles. The van der Waals surface area contributed by atoms with Crippen molar-refractivity contribution in [2.45, 2.75) is 52.5 Å². The molecule has 0 aromatic carbocycles. The molecule has 0 saturated heterocycles. The van der Waals surface area contributed by atoms with Crippen molar-refractivity contribution in [2.24, 2.45) is 17.8 Å². The molecule has 1 aromatic heterocycles. The summed E-state index contributed by atoms with van der Waals surface area (Å²) in [5.74, 6) is 2.62. The van der Waals surface area contributed by atoms with E-state index in [0.717, 1.165) is 30.3 Å². The van der Waals surface area contributed by atoms with Gasteiger partial charge in [-0.05, 0) is 61.4 Å². The fourth-order valence-electron chi connectivity index (χ4n) is 3.35. The highest BCUT2D eigenvalue weighted by molar-refractivity contribution is 7.09. The van der Waals surface area contributed by atoms with Crippen molar-refractivity contribution in [2.75, 3.05) is 6.54 Å². The molecule has 1 N–H and O–H groups in total. The van der Waals surface area contributed by atoms with E-state index < -0.39 is 0 Å². The quantitative estimate of drug-likeness (QED) is 0.835. The van der Waals surface area contributed by atoms with Crippen LogP contribution in [0.15, 0.2) is 17.5 Å². The third kappa shape index (κ3) is 3.58. The Labute approximate surface area is 116 Å². The smallest absolute Gasteiger partial charge is 0.00988 e. The maximum absolute atomic E-state index is 3.71. The van der Waals surface area contributed by atoms with Gasteiger partial charge in [-0.1, -0.05) is 26.8 Å². The lowest BCUT2D eigenvalue weighted by molar-refractivity contribution is 0.169. The summed E-state index contributed by atoms with van der Waals surface area (Å²) >= 11 is 1.92. The van der Waals surface area contributed by atoms with Gasteiger partial charge in [0.1, 0.15) is 0 Å². The standard InChI is InChI=1S/C16H27NS/c1-4-17-16-8-7-13(12(2)3)10-14(16)11-15-6-5-9-18-15/h5-6,9,12-14,16-17H,4,7-8,10-11H2,1-3H3. The van der Waals surface area contributed by atoms with Gasteiger partial charge in [0.2, 0.25) is 0 Å². The minimum absolute atomic E-state index is 0.743. The van der Waals surface area contributed by atoms with Gasteiger partial charge in [0, 0.05) is 10.9 Å². The zero-order chi connectivity index (χ0) is 13.0. The Morgan fingerprint density at radius 1 is 1.39 bits per heavy atom. The van der Waals surface area contributed by atoms with Crippen molar-refractivity contribution in [3.8, 4) is 0 Å². The first-order valence-electron chi connectivity index (χ1n) is 7.46. The normalized spacial score (nSPS) is 28.8. The van der Waals surface area contributed by atoms with E-state index in [1.54, 1.807) is 4.88 Å². The van der Waals surface area contributed by atoms with Crippen molar-refractivity contribution < 1.29 is 0 Å². The summed E-state index contributed by atoms with van der Waals surface area (Å²) in [4.78, 5) is 1.56. The minimum Gasteiger partial charge on any atom is -0.314 e. The van der Waals surface area contributed by atoms with E-state index >= 15 is 0 Å². The van der Waals surface area contributed by atoms with Gasteiger partial charge in [-0.2, -0.15) is 0 Å². The Kier molecular flexibility index (Phi) is 5.25. The van der Waals surface area contributed by atoms with Gasteiger partial charge in [-0.25, -0.2) is 0 Å². The van der Waals surface area contributed by atoms with E-state index in [1.807, 2.05) is 11.3 Å². The summed E-state index contributed by atoms with van der Waals surface area (Å²) < 4.78 is 0. The summed E-state index contributed by atoms with van der Waals surface area (Å²) in [6.07, 6.45) is 5.47. The minimum atomic E-state index is 0.743. The number of nitrogens with one attached hydrogen (secondary N) is 1. The lowest BCUT2D eigenvalue weighted by Crippen LogP contribution is -2.42. The Bertz CT molecular complexity index is 331. The molecule has 1 heterocycles. The molecule has 102 valence electrons. The maximum atomic E-state index is 3.71. The van der Waals surface area contributed by atoms with Gasteiger partial charge in [-0.15, -0.1) is 11.3 Å². The van der Waals surface area contributed by atoms with E-state index in [2.05, 4.69) is 43.6 Å². The largest absolute Gasteiger partial charge is 0.314 e. The van der Waals surface area contributed by atoms with Gasteiger partial charge in [-0.3, -0.25) is 0 Å². The molecule has 0 radical (unpaired) electrons. The van der Waals surface area contributed by atoms with Crippen LogP contribution in [-0.4, -0.2) is 12.6 Å². The SMILES string of the molecule is CCNC1CCC(C(C)C)CC1Cc1cccs1. The lowest BCUT2D eigenvalue weighted by Gasteiger charge is -2.38. The predicted molar refractivity (Wildman–Crippen MR) is 81.2 cm³/mol. The van der Waals surface area contributed by atoms with Crippen LogP contribution in [0.4, 0.5) is 0 Å².